The van der Waals surface area contributed by atoms with E-state index in [0.29, 0.717) is 40.1 Å². The number of oxazole rings is 1. The summed E-state index contributed by atoms with van der Waals surface area (Å²) in [6.07, 6.45) is 0.334. The zero-order valence-electron chi connectivity index (χ0n) is 17.6. The predicted octanol–water partition coefficient (Wildman–Crippen LogP) is 4.69. The molecule has 2 N–H and O–H groups in total. The first-order valence-electron chi connectivity index (χ1n) is 10.4. The van der Waals surface area contributed by atoms with E-state index in [4.69, 9.17) is 13.9 Å². The molecule has 1 atom stereocenters. The molecule has 0 aliphatic carbocycles. The number of nitrogens with one attached hydrogen (secondary N) is 1. The van der Waals surface area contributed by atoms with Gasteiger partial charge >= 0.3 is 12.0 Å². The molecule has 0 saturated carbocycles. The molecule has 0 fully saturated rings. The van der Waals surface area contributed by atoms with Crippen molar-refractivity contribution >= 4 is 29.0 Å². The first kappa shape index (κ1) is 21.0. The van der Waals surface area contributed by atoms with Gasteiger partial charge in [-0.2, -0.15) is 10.2 Å². The average Bonchev–Trinajstić information content (AvgIpc) is 3.25. The Labute approximate surface area is 193 Å². The molecule has 4 aromatic rings. The number of hydrogen-bond acceptors (Lipinski definition) is 7. The second-order valence-corrected chi connectivity index (χ2v) is 7.59. The summed E-state index contributed by atoms with van der Waals surface area (Å²) >= 11 is 0. The van der Waals surface area contributed by atoms with Crippen molar-refractivity contribution in [3.8, 4) is 23.3 Å². The van der Waals surface area contributed by atoms with E-state index in [-0.39, 0.29) is 23.9 Å². The predicted molar refractivity (Wildman–Crippen MR) is 120 cm³/mol. The molecule has 2 heterocycles. The standard InChI is InChI=1S/C25H17N3O6/c26-13-15-11-18-17(24(30)31)9-10-32-22(18)12-21(15)33-16-7-5-14(6-8-16)23(29)28-25-27-19-3-1-2-4-20(19)34-25/h1-8,11-12,17H,9-10H2,(H,30,31)(H,27,28,29). The van der Waals surface area contributed by atoms with Crippen molar-refractivity contribution in [1.82, 2.24) is 4.98 Å². The van der Waals surface area contributed by atoms with Crippen molar-refractivity contribution in [3.63, 3.8) is 0 Å². The van der Waals surface area contributed by atoms with Crippen molar-refractivity contribution in [1.29, 1.82) is 5.26 Å². The van der Waals surface area contributed by atoms with Gasteiger partial charge in [-0.3, -0.25) is 14.9 Å². The molecule has 1 amide bonds. The smallest absolute Gasteiger partial charge is 0.311 e. The number of hydrogen-bond donors (Lipinski definition) is 2. The van der Waals surface area contributed by atoms with Gasteiger partial charge in [0.2, 0.25) is 0 Å². The Kier molecular flexibility index (Phi) is 5.32. The fraction of sp³-hybridized carbons (Fsp3) is 0.120. The van der Waals surface area contributed by atoms with Gasteiger partial charge in [0.25, 0.3) is 5.91 Å². The molecule has 0 radical (unpaired) electrons. The molecule has 0 spiro atoms. The van der Waals surface area contributed by atoms with E-state index in [9.17, 15) is 20.0 Å². The molecule has 1 aliphatic heterocycles. The van der Waals surface area contributed by atoms with Crippen molar-refractivity contribution in [2.75, 3.05) is 11.9 Å². The fourth-order valence-electron chi connectivity index (χ4n) is 3.74. The number of carbonyl (C=O) groups is 2. The number of fused-ring (bicyclic) bond motifs is 2. The SMILES string of the molecule is N#Cc1cc2c(cc1Oc1ccc(C(=O)Nc3nc4ccccc4o3)cc1)OCCC2C(=O)O. The van der Waals surface area contributed by atoms with Crippen LogP contribution in [0.5, 0.6) is 17.2 Å². The van der Waals surface area contributed by atoms with E-state index in [1.165, 1.54) is 12.1 Å². The summed E-state index contributed by atoms with van der Waals surface area (Å²) in [7, 11) is 0. The third-order valence-corrected chi connectivity index (χ3v) is 5.43. The Morgan fingerprint density at radius 1 is 1.15 bits per heavy atom. The van der Waals surface area contributed by atoms with E-state index < -0.39 is 17.8 Å². The van der Waals surface area contributed by atoms with E-state index in [0.717, 1.165) is 0 Å². The highest BCUT2D eigenvalue weighted by atomic mass is 16.5. The van der Waals surface area contributed by atoms with Gasteiger partial charge in [-0.15, -0.1) is 0 Å². The molecule has 1 aromatic heterocycles. The van der Waals surface area contributed by atoms with Crippen LogP contribution in [0.2, 0.25) is 0 Å². The van der Waals surface area contributed by atoms with Gasteiger partial charge < -0.3 is 19.0 Å². The zero-order valence-corrected chi connectivity index (χ0v) is 17.6. The van der Waals surface area contributed by atoms with E-state index in [1.54, 1.807) is 36.4 Å². The number of aromatic nitrogens is 1. The van der Waals surface area contributed by atoms with Gasteiger partial charge in [-0.1, -0.05) is 12.1 Å². The summed E-state index contributed by atoms with van der Waals surface area (Å²) in [5.74, 6) is -1.10. The maximum Gasteiger partial charge on any atom is 0.311 e. The van der Waals surface area contributed by atoms with Crippen LogP contribution in [0.1, 0.15) is 33.8 Å². The number of carbonyl (C=O) groups excluding carboxylic acids is 1. The topological polar surface area (TPSA) is 135 Å². The number of nitrogens with zero attached hydrogens (tertiary/aromatic N) is 2. The Bertz CT molecular complexity index is 1420. The van der Waals surface area contributed by atoms with Crippen molar-refractivity contribution < 1.29 is 28.6 Å². The number of nitriles is 1. The third-order valence-electron chi connectivity index (χ3n) is 5.43. The summed E-state index contributed by atoms with van der Waals surface area (Å²) < 4.78 is 16.9. The second kappa shape index (κ2) is 8.60. The quantitative estimate of drug-likeness (QED) is 0.442. The van der Waals surface area contributed by atoms with E-state index in [2.05, 4.69) is 10.3 Å². The minimum absolute atomic E-state index is 0.0962. The number of rotatable bonds is 5. The molecule has 0 saturated heterocycles. The molecule has 5 rings (SSSR count). The third kappa shape index (κ3) is 4.00. The van der Waals surface area contributed by atoms with Gasteiger partial charge in [0.15, 0.2) is 5.58 Å². The van der Waals surface area contributed by atoms with Crippen molar-refractivity contribution in [2.24, 2.45) is 0 Å². The van der Waals surface area contributed by atoms with Crippen LogP contribution >= 0.6 is 0 Å². The Morgan fingerprint density at radius 3 is 2.68 bits per heavy atom. The maximum atomic E-state index is 12.5. The molecule has 9 nitrogen and oxygen atoms in total. The highest BCUT2D eigenvalue weighted by molar-refractivity contribution is 6.03. The lowest BCUT2D eigenvalue weighted by Gasteiger charge is -2.24. The lowest BCUT2D eigenvalue weighted by molar-refractivity contribution is -0.139. The summed E-state index contributed by atoms with van der Waals surface area (Å²) in [5, 5.41) is 21.6. The van der Waals surface area contributed by atoms with Gasteiger partial charge in [-0.05, 0) is 48.9 Å². The largest absolute Gasteiger partial charge is 0.493 e. The molecule has 168 valence electrons. The van der Waals surface area contributed by atoms with Crippen LogP contribution in [0.15, 0.2) is 65.1 Å². The minimum Gasteiger partial charge on any atom is -0.493 e. The monoisotopic (exact) mass is 455 g/mol. The van der Waals surface area contributed by atoms with E-state index >= 15 is 0 Å². The number of carboxylic acid groups (broad SMARTS) is 1. The van der Waals surface area contributed by atoms with Crippen LogP contribution in [0.25, 0.3) is 11.1 Å². The Hall–Kier alpha value is -4.84. The maximum absolute atomic E-state index is 12.5. The van der Waals surface area contributed by atoms with Crippen LogP contribution < -0.4 is 14.8 Å². The molecule has 0 bridgehead atoms. The summed E-state index contributed by atoms with van der Waals surface area (Å²) in [6, 6.07) is 18.6. The van der Waals surface area contributed by atoms with Crippen molar-refractivity contribution in [3.05, 3.63) is 77.4 Å². The van der Waals surface area contributed by atoms with Gasteiger partial charge in [-0.25, -0.2) is 0 Å². The van der Waals surface area contributed by atoms with Crippen LogP contribution in [-0.4, -0.2) is 28.6 Å². The number of anilines is 1. The first-order chi connectivity index (χ1) is 16.5. The lowest BCUT2D eigenvalue weighted by atomic mass is 9.91. The highest BCUT2D eigenvalue weighted by Crippen LogP contribution is 2.39. The lowest BCUT2D eigenvalue weighted by Crippen LogP contribution is -2.21. The molecule has 9 heteroatoms. The van der Waals surface area contributed by atoms with Crippen LogP contribution in [0, 0.1) is 11.3 Å². The van der Waals surface area contributed by atoms with Crippen LogP contribution in [-0.2, 0) is 4.79 Å². The van der Waals surface area contributed by atoms with Gasteiger partial charge in [0.05, 0.1) is 18.1 Å². The normalized spacial score (nSPS) is 14.5. The number of ether oxygens (including phenoxy) is 2. The second-order valence-electron chi connectivity index (χ2n) is 7.59. The summed E-state index contributed by atoms with van der Waals surface area (Å²) in [4.78, 5) is 28.3. The van der Waals surface area contributed by atoms with Crippen LogP contribution in [0.3, 0.4) is 0 Å². The number of aliphatic carboxylic acids is 1. The number of benzene rings is 3. The molecular formula is C25H17N3O6. The Morgan fingerprint density at radius 2 is 1.94 bits per heavy atom. The number of carboxylic acids is 1. The first-order valence-corrected chi connectivity index (χ1v) is 10.4. The number of amides is 1. The molecule has 3 aromatic carbocycles. The van der Waals surface area contributed by atoms with Gasteiger partial charge in [0, 0.05) is 17.2 Å². The molecule has 1 aliphatic rings. The molecular weight excluding hydrogens is 438 g/mol. The van der Waals surface area contributed by atoms with E-state index in [1.807, 2.05) is 18.2 Å². The summed E-state index contributed by atoms with van der Waals surface area (Å²) in [5.41, 5.74) is 2.20. The number of para-hydroxylation sites is 2. The van der Waals surface area contributed by atoms with Crippen LogP contribution in [0.4, 0.5) is 6.01 Å². The highest BCUT2D eigenvalue weighted by Gasteiger charge is 2.29. The van der Waals surface area contributed by atoms with Crippen molar-refractivity contribution in [2.45, 2.75) is 12.3 Å². The molecule has 1 unspecified atom stereocenters. The average molecular weight is 455 g/mol. The fourth-order valence-corrected chi connectivity index (χ4v) is 3.74. The zero-order chi connectivity index (χ0) is 23.7. The minimum atomic E-state index is -0.964. The van der Waals surface area contributed by atoms with Gasteiger partial charge in [0.1, 0.15) is 28.8 Å². The Balaban J connectivity index is 1.33. The molecule has 34 heavy (non-hydrogen) atoms. The summed E-state index contributed by atoms with van der Waals surface area (Å²) in [6.45, 7) is 0.263.